The molecule has 2 aliphatic rings. The summed E-state index contributed by atoms with van der Waals surface area (Å²) in [6.45, 7) is 23.1. The predicted molar refractivity (Wildman–Crippen MR) is 231 cm³/mol. The minimum absolute atomic E-state index is 0.0184. The van der Waals surface area contributed by atoms with Gasteiger partial charge in [0.15, 0.2) is 12.6 Å². The van der Waals surface area contributed by atoms with Gasteiger partial charge >= 0.3 is 6.09 Å². The Balaban J connectivity index is 1.57. The van der Waals surface area contributed by atoms with Gasteiger partial charge in [0, 0.05) is 49.2 Å². The largest absolute Gasteiger partial charge is 0.468 e. The van der Waals surface area contributed by atoms with E-state index >= 15 is 8.78 Å². The second kappa shape index (κ2) is 16.8. The number of methoxy groups -OCH3 is 1. The number of nitrogens with zero attached hydrogens (tertiary/aromatic N) is 5. The van der Waals surface area contributed by atoms with Crippen molar-refractivity contribution in [2.24, 2.45) is 5.41 Å². The fourth-order valence-electron chi connectivity index (χ4n) is 9.27. The lowest BCUT2D eigenvalue weighted by Crippen LogP contribution is -2.57. The van der Waals surface area contributed by atoms with Crippen molar-refractivity contribution >= 4 is 47.9 Å². The standard InChI is InChI=1S/C46H59F2N5O5Si/c1-27(2)59(28(3)4,29(5)6)18-17-34-37(47)16-13-30-19-33(57-26-56-12)20-35(39(30)34)41-40(48)42-36(22-49-41)43(51-38(50-42)21-46(10,11)25-54)52-23-31-14-15-32(24-52)53(31)44(55)58-45(7,8)9/h13,16,19-20,22,25,27-29,31-32H,14-15,21,23-24,26H2,1-12H3. The van der Waals surface area contributed by atoms with Crippen molar-refractivity contribution < 1.29 is 32.6 Å². The number of fused-ring (bicyclic) bond motifs is 4. The molecule has 10 nitrogen and oxygen atoms in total. The molecule has 0 saturated carbocycles. The molecule has 0 aliphatic carbocycles. The molecule has 0 radical (unpaired) electrons. The number of aromatic nitrogens is 3. The Morgan fingerprint density at radius 1 is 0.983 bits per heavy atom. The predicted octanol–water partition coefficient (Wildman–Crippen LogP) is 10.0. The van der Waals surface area contributed by atoms with E-state index in [0.29, 0.717) is 68.8 Å². The third-order valence-corrected chi connectivity index (χ3v) is 18.2. The smallest absolute Gasteiger partial charge is 0.410 e. The van der Waals surface area contributed by atoms with Crippen molar-refractivity contribution in [3.8, 4) is 28.5 Å². The van der Waals surface area contributed by atoms with Crippen LogP contribution < -0.4 is 9.64 Å². The second-order valence-corrected chi connectivity index (χ2v) is 24.4. The molecule has 2 fully saturated rings. The number of pyridine rings is 1. The molecular weight excluding hydrogens is 769 g/mol. The van der Waals surface area contributed by atoms with Crippen molar-refractivity contribution in [2.45, 2.75) is 130 Å². The number of aldehydes is 1. The zero-order chi connectivity index (χ0) is 43.2. The van der Waals surface area contributed by atoms with E-state index in [9.17, 15) is 9.59 Å². The number of rotatable bonds is 11. The van der Waals surface area contributed by atoms with Gasteiger partial charge in [-0.15, -0.1) is 5.54 Å². The normalized spacial score (nSPS) is 17.3. The van der Waals surface area contributed by atoms with E-state index in [-0.39, 0.29) is 48.2 Å². The molecule has 13 heteroatoms. The van der Waals surface area contributed by atoms with Gasteiger partial charge in [0.05, 0.1) is 23.0 Å². The monoisotopic (exact) mass is 827 g/mol. The van der Waals surface area contributed by atoms with E-state index in [1.54, 1.807) is 38.2 Å². The summed E-state index contributed by atoms with van der Waals surface area (Å²) in [7, 11) is -0.799. The molecule has 316 valence electrons. The highest BCUT2D eigenvalue weighted by molar-refractivity contribution is 6.90. The number of hydrogen-bond donors (Lipinski definition) is 0. The maximum Gasteiger partial charge on any atom is 0.410 e. The third kappa shape index (κ3) is 8.67. The topological polar surface area (TPSA) is 107 Å². The molecule has 6 rings (SSSR count). The van der Waals surface area contributed by atoms with Crippen LogP contribution in [0.4, 0.5) is 19.4 Å². The van der Waals surface area contributed by atoms with Crippen LogP contribution in [-0.4, -0.2) is 85.0 Å². The number of piperazine rings is 1. The van der Waals surface area contributed by atoms with Crippen LogP contribution in [0, 0.1) is 28.5 Å². The average Bonchev–Trinajstić information content (AvgIpc) is 3.42. The first-order valence-electron chi connectivity index (χ1n) is 20.7. The van der Waals surface area contributed by atoms with Crippen LogP contribution in [0.5, 0.6) is 5.75 Å². The summed E-state index contributed by atoms with van der Waals surface area (Å²) in [5, 5.41) is 1.40. The van der Waals surface area contributed by atoms with Gasteiger partial charge in [-0.1, -0.05) is 67.4 Å². The summed E-state index contributed by atoms with van der Waals surface area (Å²) in [6.07, 6.45) is 3.79. The number of amides is 1. The molecular formula is C46H59F2N5O5Si. The number of carbonyl (C=O) groups is 2. The summed E-state index contributed by atoms with van der Waals surface area (Å²) in [5.74, 6) is 3.23. The molecule has 4 aromatic rings. The van der Waals surface area contributed by atoms with Gasteiger partial charge < -0.3 is 23.9 Å². The molecule has 2 unspecified atom stereocenters. The quantitative estimate of drug-likeness (QED) is 0.0632. The molecule has 59 heavy (non-hydrogen) atoms. The first kappa shape index (κ1) is 43.9. The molecule has 2 atom stereocenters. The number of benzene rings is 2. The first-order chi connectivity index (χ1) is 27.7. The number of halogens is 2. The molecule has 0 spiro atoms. The Hall–Kier alpha value is -4.67. The van der Waals surface area contributed by atoms with E-state index in [1.807, 2.05) is 25.7 Å². The minimum atomic E-state index is -2.31. The van der Waals surface area contributed by atoms with Gasteiger partial charge in [0.25, 0.3) is 0 Å². The van der Waals surface area contributed by atoms with Gasteiger partial charge in [0.1, 0.15) is 54.4 Å². The molecule has 2 bridgehead atoms. The van der Waals surface area contributed by atoms with Gasteiger partial charge in [-0.2, -0.15) is 0 Å². The highest BCUT2D eigenvalue weighted by Gasteiger charge is 2.45. The molecule has 4 heterocycles. The van der Waals surface area contributed by atoms with Crippen LogP contribution >= 0.6 is 0 Å². The fourth-order valence-corrected chi connectivity index (χ4v) is 14.5. The van der Waals surface area contributed by atoms with Crippen molar-refractivity contribution in [1.82, 2.24) is 19.9 Å². The zero-order valence-electron chi connectivity index (χ0n) is 36.6. The van der Waals surface area contributed by atoms with Gasteiger partial charge in [-0.05, 0) is 73.8 Å². The highest BCUT2D eigenvalue weighted by Crippen LogP contribution is 2.43. The lowest BCUT2D eigenvalue weighted by Gasteiger charge is -2.42. The number of carbonyl (C=O) groups excluding carboxylic acids is 2. The maximum absolute atomic E-state index is 17.6. The van der Waals surface area contributed by atoms with E-state index in [4.69, 9.17) is 29.2 Å². The molecule has 2 aliphatic heterocycles. The van der Waals surface area contributed by atoms with Crippen LogP contribution in [0.25, 0.3) is 32.9 Å². The van der Waals surface area contributed by atoms with Gasteiger partial charge in [-0.3, -0.25) is 9.88 Å². The van der Waals surface area contributed by atoms with Crippen LogP contribution in [-0.2, 0) is 20.7 Å². The summed E-state index contributed by atoms with van der Waals surface area (Å²) in [5.41, 5.74) is 3.54. The Morgan fingerprint density at radius 3 is 2.20 bits per heavy atom. The molecule has 2 saturated heterocycles. The fraction of sp³-hybridized carbons (Fsp3) is 0.543. The molecule has 2 aromatic carbocycles. The number of anilines is 1. The van der Waals surface area contributed by atoms with Crippen LogP contribution in [0.1, 0.15) is 100 Å². The maximum atomic E-state index is 17.6. The SMILES string of the molecule is COCOc1cc(-c2ncc3c(N4CC5CCC(C4)N5C(=O)OC(C)(C)C)nc(CC(C)(C)C=O)nc3c2F)c2c(C#C[Si](C(C)C)(C(C)C)C(C)C)c(F)ccc2c1. The number of ether oxygens (including phenoxy) is 3. The van der Waals surface area contributed by atoms with Gasteiger partial charge in [-0.25, -0.2) is 23.5 Å². The highest BCUT2D eigenvalue weighted by atomic mass is 28.3. The van der Waals surface area contributed by atoms with E-state index < -0.39 is 30.7 Å². The van der Waals surface area contributed by atoms with Crippen molar-refractivity contribution in [3.63, 3.8) is 0 Å². The van der Waals surface area contributed by atoms with Crippen molar-refractivity contribution in [2.75, 3.05) is 31.9 Å². The third-order valence-electron chi connectivity index (χ3n) is 11.9. The average molecular weight is 828 g/mol. The summed E-state index contributed by atoms with van der Waals surface area (Å²) in [4.78, 5) is 43.8. The van der Waals surface area contributed by atoms with Crippen molar-refractivity contribution in [1.29, 1.82) is 0 Å². The minimum Gasteiger partial charge on any atom is -0.468 e. The Bertz CT molecular complexity index is 2280. The van der Waals surface area contributed by atoms with Crippen LogP contribution in [0.2, 0.25) is 16.6 Å². The Kier molecular flexibility index (Phi) is 12.5. The second-order valence-electron chi connectivity index (χ2n) is 18.8. The molecule has 2 aromatic heterocycles. The number of hydrogen-bond acceptors (Lipinski definition) is 9. The van der Waals surface area contributed by atoms with Crippen molar-refractivity contribution in [3.05, 3.63) is 53.5 Å². The lowest BCUT2D eigenvalue weighted by atomic mass is 9.91. The zero-order valence-corrected chi connectivity index (χ0v) is 37.6. The summed E-state index contributed by atoms with van der Waals surface area (Å²) >= 11 is 0. The van der Waals surface area contributed by atoms with E-state index in [0.717, 1.165) is 19.1 Å². The Morgan fingerprint density at radius 2 is 1.63 bits per heavy atom. The molecule has 0 N–H and O–H groups in total. The molecule has 1 amide bonds. The lowest BCUT2D eigenvalue weighted by molar-refractivity contribution is -0.114. The van der Waals surface area contributed by atoms with E-state index in [1.165, 1.54) is 13.2 Å². The summed E-state index contributed by atoms with van der Waals surface area (Å²) in [6, 6.07) is 6.17. The van der Waals surface area contributed by atoms with Crippen LogP contribution in [0.3, 0.4) is 0 Å². The van der Waals surface area contributed by atoms with E-state index in [2.05, 4.69) is 57.9 Å². The Labute approximate surface area is 348 Å². The first-order valence-corrected chi connectivity index (χ1v) is 22.9. The van der Waals surface area contributed by atoms with Gasteiger partial charge in [0.2, 0.25) is 0 Å². The summed E-state index contributed by atoms with van der Waals surface area (Å²) < 4.78 is 50.7. The van der Waals surface area contributed by atoms with Crippen LogP contribution in [0.15, 0.2) is 30.5 Å².